The molecule has 1 atom stereocenters. The molecule has 0 bridgehead atoms. The van der Waals surface area contributed by atoms with Gasteiger partial charge in [-0.25, -0.2) is 0 Å². The first-order valence-corrected chi connectivity index (χ1v) is 6.44. The molecular weight excluding hydrogens is 212 g/mol. The lowest BCUT2D eigenvalue weighted by molar-refractivity contribution is 0.111. The molecule has 0 aliphatic carbocycles. The summed E-state index contributed by atoms with van der Waals surface area (Å²) in [5.41, 5.74) is 7.10. The van der Waals surface area contributed by atoms with Gasteiger partial charge in [0.25, 0.3) is 0 Å². The van der Waals surface area contributed by atoms with Crippen molar-refractivity contribution >= 4 is 0 Å². The molecule has 0 radical (unpaired) electrons. The molecule has 1 fully saturated rings. The van der Waals surface area contributed by atoms with E-state index >= 15 is 0 Å². The van der Waals surface area contributed by atoms with E-state index in [2.05, 4.69) is 17.0 Å². The highest BCUT2D eigenvalue weighted by atomic mass is 16.5. The van der Waals surface area contributed by atoms with E-state index in [1.807, 2.05) is 18.2 Å². The molecule has 1 aromatic rings. The Balaban J connectivity index is 1.52. The molecule has 1 saturated heterocycles. The first kappa shape index (κ1) is 12.6. The number of benzene rings is 1. The fourth-order valence-corrected chi connectivity index (χ4v) is 2.22. The van der Waals surface area contributed by atoms with Gasteiger partial charge in [0.1, 0.15) is 0 Å². The van der Waals surface area contributed by atoms with Crippen LogP contribution in [0.4, 0.5) is 0 Å². The Bertz CT molecular complexity index is 315. The van der Waals surface area contributed by atoms with Crippen LogP contribution in [0.15, 0.2) is 30.3 Å². The Labute approximate surface area is 104 Å². The minimum atomic E-state index is 0.389. The maximum absolute atomic E-state index is 5.86. The van der Waals surface area contributed by atoms with E-state index in [4.69, 9.17) is 10.5 Å². The van der Waals surface area contributed by atoms with Crippen molar-refractivity contribution in [2.75, 3.05) is 26.2 Å². The van der Waals surface area contributed by atoms with Crippen molar-refractivity contribution in [3.05, 3.63) is 35.9 Å². The van der Waals surface area contributed by atoms with Crippen LogP contribution in [0.2, 0.25) is 0 Å². The largest absolute Gasteiger partial charge is 0.377 e. The number of nitrogens with two attached hydrogens (primary N) is 1. The Morgan fingerprint density at radius 3 is 2.82 bits per heavy atom. The van der Waals surface area contributed by atoms with Crippen LogP contribution in [0.3, 0.4) is 0 Å². The second-order valence-electron chi connectivity index (χ2n) is 4.74. The van der Waals surface area contributed by atoms with Crippen LogP contribution in [0.1, 0.15) is 18.4 Å². The predicted molar refractivity (Wildman–Crippen MR) is 69.7 cm³/mol. The number of ether oxygens (including phenoxy) is 1. The van der Waals surface area contributed by atoms with Gasteiger partial charge in [-0.3, -0.25) is 0 Å². The summed E-state index contributed by atoms with van der Waals surface area (Å²) >= 11 is 0. The Morgan fingerprint density at radius 2 is 2.12 bits per heavy atom. The van der Waals surface area contributed by atoms with Gasteiger partial charge >= 0.3 is 0 Å². The zero-order valence-electron chi connectivity index (χ0n) is 10.3. The van der Waals surface area contributed by atoms with Crippen molar-refractivity contribution in [3.8, 4) is 0 Å². The molecule has 2 N–H and O–H groups in total. The Kier molecular flexibility index (Phi) is 4.98. The van der Waals surface area contributed by atoms with E-state index in [0.29, 0.717) is 6.04 Å². The number of nitrogens with zero attached hydrogens (tertiary/aromatic N) is 1. The summed E-state index contributed by atoms with van der Waals surface area (Å²) in [6, 6.07) is 10.7. The van der Waals surface area contributed by atoms with Crippen LogP contribution in [-0.2, 0) is 11.3 Å². The summed E-state index contributed by atoms with van der Waals surface area (Å²) in [5.74, 6) is 0. The van der Waals surface area contributed by atoms with Gasteiger partial charge in [-0.2, -0.15) is 0 Å². The molecule has 3 heteroatoms. The van der Waals surface area contributed by atoms with Crippen LogP contribution < -0.4 is 5.73 Å². The first-order valence-electron chi connectivity index (χ1n) is 6.44. The van der Waals surface area contributed by atoms with Gasteiger partial charge < -0.3 is 15.4 Å². The summed E-state index contributed by atoms with van der Waals surface area (Å²) in [4.78, 5) is 2.43. The van der Waals surface area contributed by atoms with Crippen LogP contribution in [-0.4, -0.2) is 37.2 Å². The fraction of sp³-hybridized carbons (Fsp3) is 0.571. The third-order valence-electron chi connectivity index (χ3n) is 3.18. The third kappa shape index (κ3) is 4.46. The minimum Gasteiger partial charge on any atom is -0.377 e. The first-order chi connectivity index (χ1) is 8.34. The number of hydrogen-bond acceptors (Lipinski definition) is 3. The molecule has 3 nitrogen and oxygen atoms in total. The van der Waals surface area contributed by atoms with Crippen LogP contribution in [0, 0.1) is 0 Å². The van der Waals surface area contributed by atoms with E-state index in [9.17, 15) is 0 Å². The highest BCUT2D eigenvalue weighted by Crippen LogP contribution is 2.07. The highest BCUT2D eigenvalue weighted by Gasteiger charge is 2.17. The second kappa shape index (κ2) is 6.74. The molecule has 0 amide bonds. The van der Waals surface area contributed by atoms with Crippen molar-refractivity contribution < 1.29 is 4.74 Å². The molecule has 2 rings (SSSR count). The van der Waals surface area contributed by atoms with Crippen molar-refractivity contribution in [1.29, 1.82) is 0 Å². The second-order valence-corrected chi connectivity index (χ2v) is 4.74. The van der Waals surface area contributed by atoms with Gasteiger partial charge in [0, 0.05) is 25.7 Å². The van der Waals surface area contributed by atoms with E-state index in [1.165, 1.54) is 5.56 Å². The van der Waals surface area contributed by atoms with Crippen molar-refractivity contribution in [2.45, 2.75) is 25.5 Å². The smallest absolute Gasteiger partial charge is 0.0716 e. The van der Waals surface area contributed by atoms with E-state index in [1.54, 1.807) is 0 Å². The molecule has 94 valence electrons. The number of hydrogen-bond donors (Lipinski definition) is 1. The molecular formula is C14H22N2O. The van der Waals surface area contributed by atoms with Crippen molar-refractivity contribution in [3.63, 3.8) is 0 Å². The molecule has 0 unspecified atom stereocenters. The highest BCUT2D eigenvalue weighted by molar-refractivity contribution is 5.13. The quantitative estimate of drug-likeness (QED) is 0.760. The summed E-state index contributed by atoms with van der Waals surface area (Å²) in [7, 11) is 0. The average molecular weight is 234 g/mol. The molecule has 0 aromatic heterocycles. The average Bonchev–Trinajstić information content (AvgIpc) is 2.76. The monoisotopic (exact) mass is 234 g/mol. The van der Waals surface area contributed by atoms with E-state index in [-0.39, 0.29) is 0 Å². The van der Waals surface area contributed by atoms with Gasteiger partial charge in [0.15, 0.2) is 0 Å². The van der Waals surface area contributed by atoms with Crippen LogP contribution in [0.5, 0.6) is 0 Å². The van der Waals surface area contributed by atoms with Gasteiger partial charge in [-0.05, 0) is 24.9 Å². The maximum Gasteiger partial charge on any atom is 0.0716 e. The third-order valence-corrected chi connectivity index (χ3v) is 3.18. The van der Waals surface area contributed by atoms with Gasteiger partial charge in [0.05, 0.1) is 6.61 Å². The lowest BCUT2D eigenvalue weighted by Crippen LogP contribution is -2.27. The lowest BCUT2D eigenvalue weighted by Gasteiger charge is -2.14. The molecule has 1 aromatic carbocycles. The molecule has 1 aliphatic rings. The van der Waals surface area contributed by atoms with Crippen molar-refractivity contribution in [1.82, 2.24) is 4.90 Å². The normalized spacial score (nSPS) is 20.9. The Hall–Kier alpha value is -0.900. The van der Waals surface area contributed by atoms with E-state index < -0.39 is 0 Å². The Morgan fingerprint density at radius 1 is 1.29 bits per heavy atom. The maximum atomic E-state index is 5.86. The number of rotatable bonds is 6. The topological polar surface area (TPSA) is 38.5 Å². The zero-order chi connectivity index (χ0) is 11.9. The SMILES string of the molecule is N[C@H]1CCN(CCCOCc2ccccc2)C1. The standard InChI is InChI=1S/C14H22N2O/c15-14-7-9-16(11-14)8-4-10-17-12-13-5-2-1-3-6-13/h1-3,5-6,14H,4,7-12,15H2/t14-/m0/s1. The summed E-state index contributed by atoms with van der Waals surface area (Å²) in [5, 5.41) is 0. The molecule has 0 spiro atoms. The molecule has 0 saturated carbocycles. The molecule has 1 aliphatic heterocycles. The summed E-state index contributed by atoms with van der Waals surface area (Å²) in [6.07, 6.45) is 2.24. The van der Waals surface area contributed by atoms with Crippen LogP contribution in [0.25, 0.3) is 0 Å². The summed E-state index contributed by atoms with van der Waals surface area (Å²) < 4.78 is 5.65. The van der Waals surface area contributed by atoms with Gasteiger partial charge in [-0.1, -0.05) is 30.3 Å². The van der Waals surface area contributed by atoms with Crippen LogP contribution >= 0.6 is 0 Å². The predicted octanol–water partition coefficient (Wildman–Crippen LogP) is 1.63. The number of likely N-dealkylation sites (tertiary alicyclic amines) is 1. The molecule has 17 heavy (non-hydrogen) atoms. The van der Waals surface area contributed by atoms with Gasteiger partial charge in [-0.15, -0.1) is 0 Å². The van der Waals surface area contributed by atoms with Gasteiger partial charge in [0.2, 0.25) is 0 Å². The molecule has 1 heterocycles. The fourth-order valence-electron chi connectivity index (χ4n) is 2.22. The minimum absolute atomic E-state index is 0.389. The van der Waals surface area contributed by atoms with E-state index in [0.717, 1.165) is 45.7 Å². The zero-order valence-corrected chi connectivity index (χ0v) is 10.3. The lowest BCUT2D eigenvalue weighted by atomic mass is 10.2. The summed E-state index contributed by atoms with van der Waals surface area (Å²) in [6.45, 7) is 4.88. The van der Waals surface area contributed by atoms with Crippen molar-refractivity contribution in [2.24, 2.45) is 5.73 Å².